The number of hydrogen-bond acceptors (Lipinski definition) is 4. The molecule has 0 saturated carbocycles. The van der Waals surface area contributed by atoms with E-state index in [1.165, 1.54) is 11.3 Å². The maximum absolute atomic E-state index is 10.8. The molecule has 0 spiro atoms. The molecular weight excluding hydrogens is 272 g/mol. The van der Waals surface area contributed by atoms with Gasteiger partial charge in [0.1, 0.15) is 11.4 Å². The molecule has 0 N–H and O–H groups in total. The molecule has 102 valence electrons. The van der Waals surface area contributed by atoms with Crippen molar-refractivity contribution in [2.45, 2.75) is 13.3 Å². The third-order valence-corrected chi connectivity index (χ3v) is 3.81. The summed E-state index contributed by atoms with van der Waals surface area (Å²) in [6.45, 7) is 2.81. The lowest BCUT2D eigenvalue weighted by atomic mass is 10.1. The molecule has 4 nitrogen and oxygen atoms in total. The molecule has 0 aliphatic carbocycles. The second-order valence-electron chi connectivity index (χ2n) is 4.43. The van der Waals surface area contributed by atoms with E-state index in [9.17, 15) is 4.79 Å². The summed E-state index contributed by atoms with van der Waals surface area (Å²) in [7, 11) is 0. The predicted molar refractivity (Wildman–Crippen MR) is 79.7 cm³/mol. The summed E-state index contributed by atoms with van der Waals surface area (Å²) in [5.74, 6) is 0.876. The minimum atomic E-state index is 0.459. The van der Waals surface area contributed by atoms with Gasteiger partial charge in [-0.2, -0.15) is 0 Å². The highest BCUT2D eigenvalue weighted by atomic mass is 32.1. The molecule has 1 aromatic carbocycles. The summed E-state index contributed by atoms with van der Waals surface area (Å²) in [5, 5.41) is 2.04. The highest BCUT2D eigenvalue weighted by Gasteiger charge is 2.09. The molecule has 0 radical (unpaired) electrons. The highest BCUT2D eigenvalue weighted by molar-refractivity contribution is 7.15. The van der Waals surface area contributed by atoms with Gasteiger partial charge in [0, 0.05) is 11.6 Å². The third kappa shape index (κ3) is 2.32. The number of rotatable bonds is 5. The lowest BCUT2D eigenvalue weighted by Gasteiger charge is -2.05. The van der Waals surface area contributed by atoms with Crippen molar-refractivity contribution in [1.29, 1.82) is 0 Å². The Balaban J connectivity index is 1.93. The van der Waals surface area contributed by atoms with E-state index in [1.807, 2.05) is 34.0 Å². The summed E-state index contributed by atoms with van der Waals surface area (Å²) in [6, 6.07) is 7.97. The van der Waals surface area contributed by atoms with Crippen LogP contribution in [0.25, 0.3) is 16.2 Å². The van der Waals surface area contributed by atoms with Crippen molar-refractivity contribution < 1.29 is 9.53 Å². The van der Waals surface area contributed by atoms with Crippen LogP contribution >= 0.6 is 11.3 Å². The SMILES string of the molecule is CCCOc1ccc(-c2csc3nc(C=O)cn23)cc1. The Hall–Kier alpha value is -2.14. The number of imidazole rings is 1. The average molecular weight is 286 g/mol. The molecule has 20 heavy (non-hydrogen) atoms. The first-order valence-electron chi connectivity index (χ1n) is 6.47. The lowest BCUT2D eigenvalue weighted by molar-refractivity contribution is 0.111. The summed E-state index contributed by atoms with van der Waals surface area (Å²) < 4.78 is 7.51. The average Bonchev–Trinajstić information content (AvgIpc) is 3.05. The molecule has 3 rings (SSSR count). The van der Waals surface area contributed by atoms with Gasteiger partial charge < -0.3 is 4.74 Å². The number of benzene rings is 1. The number of carbonyl (C=O) groups excluding carboxylic acids is 1. The normalized spacial score (nSPS) is 10.8. The molecule has 0 aliphatic heterocycles. The van der Waals surface area contributed by atoms with E-state index >= 15 is 0 Å². The summed E-state index contributed by atoms with van der Waals surface area (Å²) in [4.78, 5) is 15.8. The minimum absolute atomic E-state index is 0.459. The zero-order valence-corrected chi connectivity index (χ0v) is 11.9. The Morgan fingerprint density at radius 2 is 2.15 bits per heavy atom. The molecule has 2 aromatic heterocycles. The molecule has 0 unspecified atom stereocenters. The van der Waals surface area contributed by atoms with Gasteiger partial charge in [-0.25, -0.2) is 4.98 Å². The molecule has 2 heterocycles. The molecule has 0 saturated heterocycles. The third-order valence-electron chi connectivity index (χ3n) is 2.97. The van der Waals surface area contributed by atoms with Crippen LogP contribution in [-0.4, -0.2) is 22.3 Å². The molecule has 5 heteroatoms. The molecule has 0 amide bonds. The van der Waals surface area contributed by atoms with Gasteiger partial charge in [0.2, 0.25) is 0 Å². The van der Waals surface area contributed by atoms with Crippen molar-refractivity contribution in [2.24, 2.45) is 0 Å². The molecule has 0 bridgehead atoms. The van der Waals surface area contributed by atoms with Crippen molar-refractivity contribution in [2.75, 3.05) is 6.61 Å². The predicted octanol–water partition coefficient (Wildman–Crippen LogP) is 3.66. The Kier molecular flexibility index (Phi) is 3.52. The quantitative estimate of drug-likeness (QED) is 0.672. The first kappa shape index (κ1) is 12.9. The monoisotopic (exact) mass is 286 g/mol. The van der Waals surface area contributed by atoms with Crippen LogP contribution in [0.3, 0.4) is 0 Å². The van der Waals surface area contributed by atoms with Crippen LogP contribution in [-0.2, 0) is 0 Å². The lowest BCUT2D eigenvalue weighted by Crippen LogP contribution is -1.94. The van der Waals surface area contributed by atoms with Crippen molar-refractivity contribution >= 4 is 22.6 Å². The molecule has 0 atom stereocenters. The van der Waals surface area contributed by atoms with Crippen molar-refractivity contribution in [3.05, 3.63) is 41.5 Å². The molecule has 0 aliphatic rings. The number of aromatic nitrogens is 2. The smallest absolute Gasteiger partial charge is 0.194 e. The van der Waals surface area contributed by atoms with E-state index in [0.717, 1.165) is 41.3 Å². The van der Waals surface area contributed by atoms with Crippen molar-refractivity contribution in [3.8, 4) is 17.0 Å². The number of nitrogens with zero attached hydrogens (tertiary/aromatic N) is 2. The van der Waals surface area contributed by atoms with Gasteiger partial charge in [-0.3, -0.25) is 9.20 Å². The fourth-order valence-corrected chi connectivity index (χ4v) is 2.90. The van der Waals surface area contributed by atoms with Crippen LogP contribution < -0.4 is 4.74 Å². The zero-order valence-electron chi connectivity index (χ0n) is 11.1. The number of ether oxygens (including phenoxy) is 1. The fraction of sp³-hybridized carbons (Fsp3) is 0.200. The maximum Gasteiger partial charge on any atom is 0.194 e. The van der Waals surface area contributed by atoms with Gasteiger partial charge in [0.05, 0.1) is 12.3 Å². The van der Waals surface area contributed by atoms with E-state index in [-0.39, 0.29) is 0 Å². The van der Waals surface area contributed by atoms with Gasteiger partial charge in [-0.1, -0.05) is 6.92 Å². The largest absolute Gasteiger partial charge is 0.494 e. The Morgan fingerprint density at radius 1 is 1.35 bits per heavy atom. The fourth-order valence-electron chi connectivity index (χ4n) is 2.01. The van der Waals surface area contributed by atoms with Gasteiger partial charge >= 0.3 is 0 Å². The van der Waals surface area contributed by atoms with Crippen LogP contribution in [0, 0.1) is 0 Å². The highest BCUT2D eigenvalue weighted by Crippen LogP contribution is 2.27. The molecule has 0 fully saturated rings. The van der Waals surface area contributed by atoms with Gasteiger partial charge in [0.25, 0.3) is 0 Å². The van der Waals surface area contributed by atoms with Gasteiger partial charge in [0.15, 0.2) is 11.2 Å². The number of thiazole rings is 1. The first-order valence-corrected chi connectivity index (χ1v) is 7.35. The molecule has 3 aromatic rings. The number of aldehydes is 1. The van der Waals surface area contributed by atoms with E-state index in [1.54, 1.807) is 6.20 Å². The zero-order chi connectivity index (χ0) is 13.9. The molecular formula is C15H14N2O2S. The van der Waals surface area contributed by atoms with Crippen LogP contribution in [0.1, 0.15) is 23.8 Å². The van der Waals surface area contributed by atoms with E-state index in [0.29, 0.717) is 5.69 Å². The first-order chi connectivity index (χ1) is 9.81. The summed E-state index contributed by atoms with van der Waals surface area (Å²) in [6.07, 6.45) is 3.53. The van der Waals surface area contributed by atoms with Crippen LogP contribution in [0.2, 0.25) is 0 Å². The second kappa shape index (κ2) is 5.46. The number of fused-ring (bicyclic) bond motifs is 1. The second-order valence-corrected chi connectivity index (χ2v) is 5.27. The van der Waals surface area contributed by atoms with E-state index < -0.39 is 0 Å². The van der Waals surface area contributed by atoms with Gasteiger partial charge in [-0.05, 0) is 36.2 Å². The number of carbonyl (C=O) groups is 1. The van der Waals surface area contributed by atoms with Crippen molar-refractivity contribution in [3.63, 3.8) is 0 Å². The van der Waals surface area contributed by atoms with Crippen LogP contribution in [0.5, 0.6) is 5.75 Å². The Morgan fingerprint density at radius 3 is 2.85 bits per heavy atom. The summed E-state index contributed by atoms with van der Waals surface area (Å²) >= 11 is 1.52. The Labute approximate surface area is 120 Å². The number of hydrogen-bond donors (Lipinski definition) is 0. The summed E-state index contributed by atoms with van der Waals surface area (Å²) in [5.41, 5.74) is 2.57. The van der Waals surface area contributed by atoms with Crippen LogP contribution in [0.4, 0.5) is 0 Å². The topological polar surface area (TPSA) is 43.6 Å². The van der Waals surface area contributed by atoms with Crippen LogP contribution in [0.15, 0.2) is 35.8 Å². The van der Waals surface area contributed by atoms with Crippen molar-refractivity contribution in [1.82, 2.24) is 9.38 Å². The van der Waals surface area contributed by atoms with Gasteiger partial charge in [-0.15, -0.1) is 11.3 Å². The minimum Gasteiger partial charge on any atom is -0.494 e. The van der Waals surface area contributed by atoms with E-state index in [2.05, 4.69) is 11.9 Å². The maximum atomic E-state index is 10.8. The Bertz CT molecular complexity index is 728. The standard InChI is InChI=1S/C15H14N2O2S/c1-2-7-19-13-5-3-11(4-6-13)14-10-20-15-16-12(9-18)8-17(14)15/h3-6,8-10H,2,7H2,1H3. The van der Waals surface area contributed by atoms with E-state index in [4.69, 9.17) is 4.74 Å².